The first-order valence-corrected chi connectivity index (χ1v) is 26.6. The molecule has 0 aromatic carbocycles. The Morgan fingerprint density at radius 3 is 1.02 bits per heavy atom. The third-order valence-electron chi connectivity index (χ3n) is 12.6. The number of rotatable bonds is 49. The van der Waals surface area contributed by atoms with Crippen molar-refractivity contribution in [3.8, 4) is 0 Å². The van der Waals surface area contributed by atoms with Crippen LogP contribution in [0.3, 0.4) is 0 Å². The van der Waals surface area contributed by atoms with Crippen molar-refractivity contribution in [2.45, 2.75) is 308 Å². The summed E-state index contributed by atoms with van der Waals surface area (Å²) >= 11 is 0. The molecule has 5 heteroatoms. The zero-order valence-electron chi connectivity index (χ0n) is 39.9. The highest BCUT2D eigenvalue weighted by Gasteiger charge is 2.23. The molecule has 0 bridgehead atoms. The van der Waals surface area contributed by atoms with E-state index in [-0.39, 0.29) is 6.61 Å². The van der Waals surface area contributed by atoms with Crippen LogP contribution < -0.4 is 5.32 Å². The number of aliphatic hydroxyl groups excluding tert-OH is 3. The number of nitrogens with one attached hydrogen (secondary N) is 1. The fourth-order valence-electron chi connectivity index (χ4n) is 8.40. The molecule has 0 radical (unpaired) electrons. The molecule has 0 aromatic heterocycles. The van der Waals surface area contributed by atoms with Gasteiger partial charge in [0.25, 0.3) is 0 Å². The molecule has 0 fully saturated rings. The van der Waals surface area contributed by atoms with Gasteiger partial charge < -0.3 is 20.6 Å². The zero-order valence-corrected chi connectivity index (χ0v) is 39.9. The molecule has 4 N–H and O–H groups in total. The van der Waals surface area contributed by atoms with Gasteiger partial charge in [-0.15, -0.1) is 0 Å². The van der Waals surface area contributed by atoms with Crippen molar-refractivity contribution in [2.24, 2.45) is 0 Å². The largest absolute Gasteiger partial charge is 0.394 e. The predicted octanol–water partition coefficient (Wildman–Crippen LogP) is 16.1. The highest BCUT2D eigenvalue weighted by molar-refractivity contribution is 5.80. The molecule has 0 saturated heterocycles. The fraction of sp³-hybridized carbons (Fsp3) is 0.907. The Morgan fingerprint density at radius 2 is 0.695 bits per heavy atom. The fourth-order valence-corrected chi connectivity index (χ4v) is 8.40. The average molecular weight is 832 g/mol. The average Bonchev–Trinajstić information content (AvgIpc) is 3.24. The highest BCUT2D eigenvalue weighted by atomic mass is 16.3. The van der Waals surface area contributed by atoms with Crippen molar-refractivity contribution < 1.29 is 20.1 Å². The number of hydrogen-bond acceptors (Lipinski definition) is 4. The maximum absolute atomic E-state index is 12.5. The Morgan fingerprint density at radius 1 is 0.407 bits per heavy atom. The van der Waals surface area contributed by atoms with Gasteiger partial charge >= 0.3 is 0 Å². The summed E-state index contributed by atoms with van der Waals surface area (Å²) in [6, 6.07) is -0.710. The first-order valence-electron chi connectivity index (χ1n) is 26.6. The van der Waals surface area contributed by atoms with E-state index in [2.05, 4.69) is 43.5 Å². The number of carbonyl (C=O) groups is 1. The predicted molar refractivity (Wildman–Crippen MR) is 259 cm³/mol. The summed E-state index contributed by atoms with van der Waals surface area (Å²) in [4.78, 5) is 12.5. The van der Waals surface area contributed by atoms with E-state index in [1.54, 1.807) is 0 Å². The summed E-state index contributed by atoms with van der Waals surface area (Å²) in [5, 5.41) is 33.4. The van der Waals surface area contributed by atoms with Crippen molar-refractivity contribution in [2.75, 3.05) is 6.61 Å². The van der Waals surface area contributed by atoms with Crippen molar-refractivity contribution in [3.05, 3.63) is 24.3 Å². The maximum atomic E-state index is 12.5. The Labute approximate surface area is 369 Å². The second kappa shape index (κ2) is 49.5. The highest BCUT2D eigenvalue weighted by Crippen LogP contribution is 2.17. The Kier molecular flexibility index (Phi) is 48.5. The number of carbonyl (C=O) groups excluding carboxylic acids is 1. The van der Waals surface area contributed by atoms with Gasteiger partial charge in [-0.25, -0.2) is 0 Å². The van der Waals surface area contributed by atoms with Gasteiger partial charge in [0.2, 0.25) is 5.91 Å². The number of aliphatic hydroxyl groups is 3. The molecule has 0 aliphatic heterocycles. The molecule has 0 rings (SSSR count). The normalized spacial score (nSPS) is 13.5. The van der Waals surface area contributed by atoms with E-state index in [1.165, 1.54) is 225 Å². The molecule has 350 valence electrons. The molecule has 0 spiro atoms. The minimum Gasteiger partial charge on any atom is -0.394 e. The molecule has 3 unspecified atom stereocenters. The Bertz CT molecular complexity index is 874. The van der Waals surface area contributed by atoms with Crippen LogP contribution in [0.2, 0.25) is 0 Å². The zero-order chi connectivity index (χ0) is 43.0. The minimum atomic E-state index is -1.07. The van der Waals surface area contributed by atoms with Crippen molar-refractivity contribution in [1.82, 2.24) is 5.32 Å². The quantitative estimate of drug-likeness (QED) is 0.0363. The van der Waals surface area contributed by atoms with E-state index in [9.17, 15) is 20.1 Å². The lowest BCUT2D eigenvalue weighted by Crippen LogP contribution is -2.49. The summed E-state index contributed by atoms with van der Waals surface area (Å²) in [7, 11) is 0. The van der Waals surface area contributed by atoms with Gasteiger partial charge in [-0.2, -0.15) is 0 Å². The van der Waals surface area contributed by atoms with Gasteiger partial charge in [0.1, 0.15) is 6.10 Å². The van der Waals surface area contributed by atoms with E-state index >= 15 is 0 Å². The molecule has 0 heterocycles. The van der Waals surface area contributed by atoms with Crippen LogP contribution in [-0.4, -0.2) is 46.1 Å². The second-order valence-corrected chi connectivity index (χ2v) is 18.4. The first kappa shape index (κ1) is 57.8. The Hall–Kier alpha value is -1.17. The van der Waals surface area contributed by atoms with Crippen LogP contribution in [0.25, 0.3) is 0 Å². The Balaban J connectivity index is 3.52. The maximum Gasteiger partial charge on any atom is 0.249 e. The molecule has 0 aliphatic rings. The number of unbranched alkanes of at least 4 members (excludes halogenated alkanes) is 37. The molecule has 0 saturated carbocycles. The number of hydrogen-bond donors (Lipinski definition) is 4. The SMILES string of the molecule is CCCCCCCCCCC/C=C\C/C=C\CCCCCCCCCCCCCCCCC(O)C(=O)NC(CO)C(O)CCCCCCCCCCCCCCCCC. The van der Waals surface area contributed by atoms with E-state index < -0.39 is 24.2 Å². The van der Waals surface area contributed by atoms with E-state index in [1.807, 2.05) is 0 Å². The van der Waals surface area contributed by atoms with Crippen LogP contribution in [0.5, 0.6) is 0 Å². The lowest BCUT2D eigenvalue weighted by molar-refractivity contribution is -0.131. The van der Waals surface area contributed by atoms with Crippen molar-refractivity contribution >= 4 is 5.91 Å². The number of amides is 1. The van der Waals surface area contributed by atoms with Gasteiger partial charge in [0, 0.05) is 0 Å². The van der Waals surface area contributed by atoms with Crippen LogP contribution >= 0.6 is 0 Å². The van der Waals surface area contributed by atoms with Crippen molar-refractivity contribution in [3.63, 3.8) is 0 Å². The van der Waals surface area contributed by atoms with Crippen LogP contribution in [0, 0.1) is 0 Å². The standard InChI is InChI=1S/C54H105NO4/c1-3-5-7-9-11-13-15-17-19-20-21-22-23-24-25-26-27-28-29-30-31-32-33-35-37-39-41-43-45-47-49-53(58)54(59)55-51(50-56)52(57)48-46-44-42-40-38-36-34-18-16-14-12-10-8-6-4-2/h21-22,24-25,51-53,56-58H,3-20,23,26-50H2,1-2H3,(H,55,59)/b22-21-,25-24-. The van der Waals surface area contributed by atoms with Gasteiger partial charge in [0.15, 0.2) is 0 Å². The van der Waals surface area contributed by atoms with E-state index in [0.29, 0.717) is 12.8 Å². The van der Waals surface area contributed by atoms with E-state index in [0.717, 1.165) is 38.5 Å². The molecule has 0 aromatic rings. The minimum absolute atomic E-state index is 0.311. The van der Waals surface area contributed by atoms with Gasteiger partial charge in [-0.05, 0) is 44.9 Å². The van der Waals surface area contributed by atoms with Crippen LogP contribution in [0.4, 0.5) is 0 Å². The van der Waals surface area contributed by atoms with Gasteiger partial charge in [-0.3, -0.25) is 4.79 Å². The molecule has 5 nitrogen and oxygen atoms in total. The summed E-state index contributed by atoms with van der Waals surface area (Å²) in [6.45, 7) is 4.25. The molecule has 3 atom stereocenters. The van der Waals surface area contributed by atoms with E-state index in [4.69, 9.17) is 0 Å². The molecule has 59 heavy (non-hydrogen) atoms. The third-order valence-corrected chi connectivity index (χ3v) is 12.6. The lowest BCUT2D eigenvalue weighted by atomic mass is 10.0. The summed E-state index contributed by atoms with van der Waals surface area (Å²) in [6.07, 6.45) is 62.1. The van der Waals surface area contributed by atoms with Crippen LogP contribution in [0.15, 0.2) is 24.3 Å². The third kappa shape index (κ3) is 44.7. The topological polar surface area (TPSA) is 89.8 Å². The van der Waals surface area contributed by atoms with Crippen molar-refractivity contribution in [1.29, 1.82) is 0 Å². The van der Waals surface area contributed by atoms with Crippen LogP contribution in [0.1, 0.15) is 290 Å². The second-order valence-electron chi connectivity index (χ2n) is 18.4. The molecule has 1 amide bonds. The molecular formula is C54H105NO4. The molecule has 0 aliphatic carbocycles. The van der Waals surface area contributed by atoms with Crippen LogP contribution in [-0.2, 0) is 4.79 Å². The summed E-state index contributed by atoms with van der Waals surface area (Å²) < 4.78 is 0. The van der Waals surface area contributed by atoms with Gasteiger partial charge in [0.05, 0.1) is 18.8 Å². The first-order chi connectivity index (χ1) is 29.1. The van der Waals surface area contributed by atoms with Gasteiger partial charge in [-0.1, -0.05) is 269 Å². The molecular weight excluding hydrogens is 727 g/mol. The lowest BCUT2D eigenvalue weighted by Gasteiger charge is -2.23. The smallest absolute Gasteiger partial charge is 0.249 e. The number of allylic oxidation sites excluding steroid dienone is 4. The monoisotopic (exact) mass is 832 g/mol. The summed E-state index contributed by atoms with van der Waals surface area (Å²) in [5.74, 6) is -0.468. The summed E-state index contributed by atoms with van der Waals surface area (Å²) in [5.41, 5.74) is 0.